The standard InChI is InChI=1S/C20H24BrClN2O4S/c1-4-24(13-20(25)23-14(3)15-6-8-16(21)9-7-15)29(26,27)17-10-11-19(28-5-2)18(22)12-17/h6-12,14H,4-5,13H2,1-3H3,(H,23,25)/t14-/m0/s1. The minimum Gasteiger partial charge on any atom is -0.492 e. The third kappa shape index (κ3) is 6.18. The van der Waals surface area contributed by atoms with Gasteiger partial charge in [0.25, 0.3) is 0 Å². The molecule has 1 N–H and O–H groups in total. The fraction of sp³-hybridized carbons (Fsp3) is 0.350. The molecule has 0 aliphatic rings. The predicted octanol–water partition coefficient (Wildman–Crippen LogP) is 4.39. The van der Waals surface area contributed by atoms with E-state index in [4.69, 9.17) is 16.3 Å². The summed E-state index contributed by atoms with van der Waals surface area (Å²) < 4.78 is 33.3. The van der Waals surface area contributed by atoms with Crippen LogP contribution >= 0.6 is 27.5 Å². The van der Waals surface area contributed by atoms with Gasteiger partial charge >= 0.3 is 0 Å². The van der Waals surface area contributed by atoms with E-state index in [-0.39, 0.29) is 35.0 Å². The van der Waals surface area contributed by atoms with Crippen LogP contribution in [0.5, 0.6) is 5.75 Å². The second-order valence-corrected chi connectivity index (χ2v) is 9.56. The molecule has 158 valence electrons. The highest BCUT2D eigenvalue weighted by atomic mass is 79.9. The van der Waals surface area contributed by atoms with Crippen molar-refractivity contribution in [1.82, 2.24) is 9.62 Å². The van der Waals surface area contributed by atoms with E-state index in [1.54, 1.807) is 6.92 Å². The minimum atomic E-state index is -3.88. The van der Waals surface area contributed by atoms with Gasteiger partial charge in [-0.1, -0.05) is 46.6 Å². The molecule has 0 spiro atoms. The average Bonchev–Trinajstić information content (AvgIpc) is 2.68. The summed E-state index contributed by atoms with van der Waals surface area (Å²) in [5, 5.41) is 3.04. The van der Waals surface area contributed by atoms with E-state index in [9.17, 15) is 13.2 Å². The number of carbonyl (C=O) groups is 1. The summed E-state index contributed by atoms with van der Waals surface area (Å²) in [6, 6.07) is 11.6. The smallest absolute Gasteiger partial charge is 0.243 e. The fourth-order valence-corrected chi connectivity index (χ4v) is 4.71. The molecule has 29 heavy (non-hydrogen) atoms. The number of nitrogens with one attached hydrogen (secondary N) is 1. The lowest BCUT2D eigenvalue weighted by atomic mass is 10.1. The molecule has 0 saturated heterocycles. The zero-order valence-electron chi connectivity index (χ0n) is 16.5. The first-order valence-electron chi connectivity index (χ1n) is 9.16. The van der Waals surface area contributed by atoms with E-state index < -0.39 is 10.0 Å². The van der Waals surface area contributed by atoms with Crippen molar-refractivity contribution in [2.45, 2.75) is 31.7 Å². The Balaban J connectivity index is 2.12. The molecule has 2 aromatic rings. The lowest BCUT2D eigenvalue weighted by Crippen LogP contribution is -2.41. The summed E-state index contributed by atoms with van der Waals surface area (Å²) in [6.07, 6.45) is 0. The molecule has 0 aromatic heterocycles. The minimum absolute atomic E-state index is 0.0153. The van der Waals surface area contributed by atoms with Crippen molar-refractivity contribution in [1.29, 1.82) is 0 Å². The highest BCUT2D eigenvalue weighted by Crippen LogP contribution is 2.28. The first-order valence-corrected chi connectivity index (χ1v) is 11.8. The number of ether oxygens (including phenoxy) is 1. The number of nitrogens with zero attached hydrogens (tertiary/aromatic N) is 1. The summed E-state index contributed by atoms with van der Waals surface area (Å²) in [5.41, 5.74) is 0.922. The predicted molar refractivity (Wildman–Crippen MR) is 118 cm³/mol. The number of hydrogen-bond donors (Lipinski definition) is 1. The number of benzene rings is 2. The molecule has 1 amide bonds. The number of halogens is 2. The molecule has 9 heteroatoms. The molecule has 0 aliphatic heterocycles. The molecule has 0 radical (unpaired) electrons. The third-order valence-electron chi connectivity index (χ3n) is 4.26. The Labute approximate surface area is 185 Å². The van der Waals surface area contributed by atoms with Gasteiger partial charge in [0, 0.05) is 11.0 Å². The fourth-order valence-electron chi connectivity index (χ4n) is 2.71. The number of rotatable bonds is 9. The van der Waals surface area contributed by atoms with Crippen LogP contribution in [0, 0.1) is 0 Å². The molecule has 0 bridgehead atoms. The first kappa shape index (κ1) is 23.7. The first-order chi connectivity index (χ1) is 13.7. The molecule has 0 unspecified atom stereocenters. The molecule has 0 saturated carbocycles. The van der Waals surface area contributed by atoms with Crippen molar-refractivity contribution in [3.8, 4) is 5.75 Å². The van der Waals surface area contributed by atoms with Crippen LogP contribution in [0.4, 0.5) is 0 Å². The van der Waals surface area contributed by atoms with Crippen LogP contribution in [0.15, 0.2) is 51.8 Å². The van der Waals surface area contributed by atoms with Gasteiger partial charge in [-0.3, -0.25) is 4.79 Å². The lowest BCUT2D eigenvalue weighted by molar-refractivity contribution is -0.121. The maximum Gasteiger partial charge on any atom is 0.243 e. The Kier molecular flexibility index (Phi) is 8.51. The number of sulfonamides is 1. The summed E-state index contributed by atoms with van der Waals surface area (Å²) >= 11 is 9.50. The van der Waals surface area contributed by atoms with Crippen LogP contribution in [-0.4, -0.2) is 38.3 Å². The number of carbonyl (C=O) groups excluding carboxylic acids is 1. The molecular weight excluding hydrogens is 480 g/mol. The van der Waals surface area contributed by atoms with Gasteiger partial charge in [0.2, 0.25) is 15.9 Å². The Morgan fingerprint density at radius 1 is 1.21 bits per heavy atom. The topological polar surface area (TPSA) is 75.7 Å². The molecule has 2 aromatic carbocycles. The highest BCUT2D eigenvalue weighted by molar-refractivity contribution is 9.10. The van der Waals surface area contributed by atoms with Gasteiger partial charge in [-0.2, -0.15) is 4.31 Å². The molecule has 0 aliphatic carbocycles. The molecule has 0 heterocycles. The van der Waals surface area contributed by atoms with Gasteiger partial charge in [0.1, 0.15) is 5.75 Å². The van der Waals surface area contributed by atoms with Crippen molar-refractivity contribution in [3.63, 3.8) is 0 Å². The third-order valence-corrected chi connectivity index (χ3v) is 7.00. The summed E-state index contributed by atoms with van der Waals surface area (Å²) in [4.78, 5) is 12.5. The van der Waals surface area contributed by atoms with Gasteiger partial charge in [0.05, 0.1) is 29.1 Å². The Bertz CT molecular complexity index is 951. The van der Waals surface area contributed by atoms with Crippen LogP contribution in [0.1, 0.15) is 32.4 Å². The van der Waals surface area contributed by atoms with Crippen molar-refractivity contribution in [3.05, 3.63) is 57.5 Å². The Morgan fingerprint density at radius 3 is 2.41 bits per heavy atom. The molecule has 1 atom stereocenters. The highest BCUT2D eigenvalue weighted by Gasteiger charge is 2.26. The lowest BCUT2D eigenvalue weighted by Gasteiger charge is -2.22. The quantitative estimate of drug-likeness (QED) is 0.551. The van der Waals surface area contributed by atoms with Crippen LogP contribution in [0.25, 0.3) is 0 Å². The van der Waals surface area contributed by atoms with E-state index in [0.717, 1.165) is 14.3 Å². The zero-order valence-corrected chi connectivity index (χ0v) is 19.6. The van der Waals surface area contributed by atoms with Gasteiger partial charge in [-0.25, -0.2) is 8.42 Å². The van der Waals surface area contributed by atoms with Crippen LogP contribution in [0.3, 0.4) is 0 Å². The monoisotopic (exact) mass is 502 g/mol. The molecule has 2 rings (SSSR count). The van der Waals surface area contributed by atoms with Crippen molar-refractivity contribution in [2.75, 3.05) is 19.7 Å². The largest absolute Gasteiger partial charge is 0.492 e. The zero-order chi connectivity index (χ0) is 21.6. The second kappa shape index (κ2) is 10.4. The number of likely N-dealkylation sites (N-methyl/N-ethyl adjacent to an activating group) is 1. The van der Waals surface area contributed by atoms with Crippen molar-refractivity contribution < 1.29 is 17.9 Å². The van der Waals surface area contributed by atoms with E-state index in [1.165, 1.54) is 18.2 Å². The van der Waals surface area contributed by atoms with Crippen LogP contribution < -0.4 is 10.1 Å². The maximum absolute atomic E-state index is 13.0. The SMILES string of the molecule is CCOc1ccc(S(=O)(=O)N(CC)CC(=O)N[C@@H](C)c2ccc(Br)cc2)cc1Cl. The normalized spacial score (nSPS) is 12.6. The number of amides is 1. The van der Waals surface area contributed by atoms with Gasteiger partial charge in [0.15, 0.2) is 0 Å². The van der Waals surface area contributed by atoms with Gasteiger partial charge in [-0.05, 0) is 49.7 Å². The van der Waals surface area contributed by atoms with Crippen molar-refractivity contribution in [2.24, 2.45) is 0 Å². The van der Waals surface area contributed by atoms with E-state index in [2.05, 4.69) is 21.2 Å². The van der Waals surface area contributed by atoms with Crippen molar-refractivity contribution >= 4 is 43.5 Å². The summed E-state index contributed by atoms with van der Waals surface area (Å²) in [7, 11) is -3.88. The second-order valence-electron chi connectivity index (χ2n) is 6.30. The van der Waals surface area contributed by atoms with Crippen LogP contribution in [0.2, 0.25) is 5.02 Å². The van der Waals surface area contributed by atoms with E-state index in [0.29, 0.717) is 12.4 Å². The maximum atomic E-state index is 13.0. The molecular formula is C20H24BrClN2O4S. The van der Waals surface area contributed by atoms with Crippen LogP contribution in [-0.2, 0) is 14.8 Å². The average molecular weight is 504 g/mol. The van der Waals surface area contributed by atoms with Gasteiger partial charge in [-0.15, -0.1) is 0 Å². The molecule has 6 nitrogen and oxygen atoms in total. The van der Waals surface area contributed by atoms with Gasteiger partial charge < -0.3 is 10.1 Å². The van der Waals surface area contributed by atoms with E-state index >= 15 is 0 Å². The Hall–Kier alpha value is -1.61. The number of hydrogen-bond acceptors (Lipinski definition) is 4. The molecule has 0 fully saturated rings. The van der Waals surface area contributed by atoms with E-state index in [1.807, 2.05) is 38.1 Å². The summed E-state index contributed by atoms with van der Waals surface area (Å²) in [5.74, 6) is 0.0279. The Morgan fingerprint density at radius 2 is 1.86 bits per heavy atom. The summed E-state index contributed by atoms with van der Waals surface area (Å²) in [6.45, 7) is 5.62.